The van der Waals surface area contributed by atoms with E-state index in [0.29, 0.717) is 35.5 Å². The van der Waals surface area contributed by atoms with Crippen molar-refractivity contribution in [3.63, 3.8) is 0 Å². The summed E-state index contributed by atoms with van der Waals surface area (Å²) in [6.07, 6.45) is 14.2. The van der Waals surface area contributed by atoms with Gasteiger partial charge in [0.15, 0.2) is 11.6 Å². The van der Waals surface area contributed by atoms with Crippen molar-refractivity contribution in [1.29, 1.82) is 0 Å². The summed E-state index contributed by atoms with van der Waals surface area (Å²) in [6, 6.07) is 9.50. The first-order valence-electron chi connectivity index (χ1n) is 13.3. The smallest absolute Gasteiger partial charge is 0.166 e. The van der Waals surface area contributed by atoms with Gasteiger partial charge in [-0.25, -0.2) is 0 Å². The van der Waals surface area contributed by atoms with Gasteiger partial charge in [0.05, 0.1) is 25.3 Å². The van der Waals surface area contributed by atoms with Crippen LogP contribution in [-0.4, -0.2) is 36.0 Å². The van der Waals surface area contributed by atoms with Gasteiger partial charge in [0, 0.05) is 12.8 Å². The molecule has 0 saturated carbocycles. The van der Waals surface area contributed by atoms with Crippen LogP contribution in [0.1, 0.15) is 111 Å². The fourth-order valence-electron chi connectivity index (χ4n) is 4.34. The molecule has 0 aliphatic rings. The second-order valence-electron chi connectivity index (χ2n) is 9.36. The fraction of sp³-hybridized carbons (Fsp3) is 0.533. The van der Waals surface area contributed by atoms with Crippen LogP contribution in [0.25, 0.3) is 0 Å². The Hall–Kier alpha value is -3.02. The van der Waals surface area contributed by atoms with Crippen molar-refractivity contribution in [1.82, 2.24) is 0 Å². The summed E-state index contributed by atoms with van der Waals surface area (Å²) in [7, 11) is 3.09. The number of rotatable bonds is 19. The predicted octanol–water partition coefficient (Wildman–Crippen LogP) is 7.64. The van der Waals surface area contributed by atoms with Crippen LogP contribution in [0.5, 0.6) is 23.0 Å². The first-order chi connectivity index (χ1) is 17.5. The molecule has 6 heteroatoms. The fourth-order valence-corrected chi connectivity index (χ4v) is 4.34. The zero-order chi connectivity index (χ0) is 26.2. The first-order valence-corrected chi connectivity index (χ1v) is 13.3. The monoisotopic (exact) mass is 498 g/mol. The van der Waals surface area contributed by atoms with Gasteiger partial charge >= 0.3 is 0 Å². The Labute approximate surface area is 215 Å². The second kappa shape index (κ2) is 16.6. The maximum absolute atomic E-state index is 12.3. The molecule has 2 aromatic rings. The summed E-state index contributed by atoms with van der Waals surface area (Å²) >= 11 is 0. The van der Waals surface area contributed by atoms with E-state index in [2.05, 4.69) is 0 Å². The molecule has 0 aromatic heterocycles. The van der Waals surface area contributed by atoms with E-state index in [1.807, 2.05) is 0 Å². The molecular weight excluding hydrogens is 456 g/mol. The molecule has 0 aliphatic heterocycles. The summed E-state index contributed by atoms with van der Waals surface area (Å²) in [5.74, 6) is 1.13. The van der Waals surface area contributed by atoms with Gasteiger partial charge in [-0.1, -0.05) is 64.2 Å². The van der Waals surface area contributed by atoms with Crippen LogP contribution in [0.2, 0.25) is 0 Å². The standard InChI is InChI=1S/C30H42O6/c1-35-23-17-19-29(33)25(21-23)27(31)15-13-11-9-7-5-3-4-6-8-10-12-14-16-28(32)26-22-24(36-2)18-20-30(26)34/h17-22,33-34H,3-16H2,1-2H3. The molecule has 2 aromatic carbocycles. The second-order valence-corrected chi connectivity index (χ2v) is 9.36. The number of carbonyl (C=O) groups excluding carboxylic acids is 2. The highest BCUT2D eigenvalue weighted by Gasteiger charge is 2.13. The average molecular weight is 499 g/mol. The summed E-state index contributed by atoms with van der Waals surface area (Å²) < 4.78 is 10.3. The van der Waals surface area contributed by atoms with E-state index in [1.54, 1.807) is 38.5 Å². The number of aromatic hydroxyl groups is 2. The Bertz CT molecular complexity index is 875. The summed E-state index contributed by atoms with van der Waals surface area (Å²) in [4.78, 5) is 24.6. The lowest BCUT2D eigenvalue weighted by atomic mass is 10.0. The minimum atomic E-state index is -0.0331. The Morgan fingerprint density at radius 3 is 1.17 bits per heavy atom. The molecule has 2 N–H and O–H groups in total. The summed E-state index contributed by atoms with van der Waals surface area (Å²) in [5, 5.41) is 19.8. The van der Waals surface area contributed by atoms with Crippen molar-refractivity contribution in [3.8, 4) is 23.0 Å². The Morgan fingerprint density at radius 1 is 0.556 bits per heavy atom. The molecule has 36 heavy (non-hydrogen) atoms. The van der Waals surface area contributed by atoms with Gasteiger partial charge in [-0.3, -0.25) is 9.59 Å². The molecule has 0 radical (unpaired) electrons. The number of Topliss-reactive ketones (excluding diaryl/α,β-unsaturated/α-hetero) is 2. The maximum Gasteiger partial charge on any atom is 0.166 e. The van der Waals surface area contributed by atoms with Gasteiger partial charge in [0.25, 0.3) is 0 Å². The maximum atomic E-state index is 12.3. The lowest BCUT2D eigenvalue weighted by Gasteiger charge is -2.07. The summed E-state index contributed by atoms with van der Waals surface area (Å²) in [5.41, 5.74) is 0.689. The third kappa shape index (κ3) is 10.3. The number of phenols is 2. The lowest BCUT2D eigenvalue weighted by Crippen LogP contribution is -2.00. The third-order valence-corrected chi connectivity index (χ3v) is 6.57. The van der Waals surface area contributed by atoms with Crippen molar-refractivity contribution in [2.75, 3.05) is 14.2 Å². The van der Waals surface area contributed by atoms with Gasteiger partial charge in [0.2, 0.25) is 0 Å². The molecule has 0 unspecified atom stereocenters. The van der Waals surface area contributed by atoms with Gasteiger partial charge in [0.1, 0.15) is 23.0 Å². The number of methoxy groups -OCH3 is 2. The van der Waals surface area contributed by atoms with Crippen LogP contribution < -0.4 is 9.47 Å². The molecule has 0 heterocycles. The van der Waals surface area contributed by atoms with E-state index in [9.17, 15) is 19.8 Å². The Balaban J connectivity index is 1.42. The SMILES string of the molecule is COc1ccc(O)c(C(=O)CCCCCCCCCCCCCCC(=O)c2cc(OC)ccc2O)c1. The largest absolute Gasteiger partial charge is 0.507 e. The molecule has 0 fully saturated rings. The van der Waals surface area contributed by atoms with Crippen LogP contribution in [-0.2, 0) is 0 Å². The first kappa shape index (κ1) is 29.2. The average Bonchev–Trinajstić information content (AvgIpc) is 2.89. The molecule has 0 amide bonds. The molecule has 0 aliphatic carbocycles. The van der Waals surface area contributed by atoms with Crippen LogP contribution in [0.3, 0.4) is 0 Å². The molecule has 2 rings (SSSR count). The van der Waals surface area contributed by atoms with Crippen molar-refractivity contribution in [2.45, 2.75) is 89.9 Å². The van der Waals surface area contributed by atoms with E-state index in [1.165, 1.54) is 50.7 Å². The van der Waals surface area contributed by atoms with E-state index in [0.717, 1.165) is 38.5 Å². The number of carbonyl (C=O) groups is 2. The van der Waals surface area contributed by atoms with Gasteiger partial charge < -0.3 is 19.7 Å². The van der Waals surface area contributed by atoms with Crippen LogP contribution in [0, 0.1) is 0 Å². The highest BCUT2D eigenvalue weighted by molar-refractivity contribution is 5.99. The van der Waals surface area contributed by atoms with Gasteiger partial charge in [-0.15, -0.1) is 0 Å². The number of ether oxygens (including phenoxy) is 2. The quantitative estimate of drug-likeness (QED) is 0.153. The highest BCUT2D eigenvalue weighted by Crippen LogP contribution is 2.26. The van der Waals surface area contributed by atoms with Gasteiger partial charge in [-0.05, 0) is 49.2 Å². The zero-order valence-electron chi connectivity index (χ0n) is 21.9. The Kier molecular flexibility index (Phi) is 13.5. The van der Waals surface area contributed by atoms with E-state index < -0.39 is 0 Å². The van der Waals surface area contributed by atoms with Crippen LogP contribution >= 0.6 is 0 Å². The van der Waals surface area contributed by atoms with Gasteiger partial charge in [-0.2, -0.15) is 0 Å². The molecule has 198 valence electrons. The Morgan fingerprint density at radius 2 is 0.861 bits per heavy atom. The normalized spacial score (nSPS) is 10.8. The molecular formula is C30H42O6. The minimum Gasteiger partial charge on any atom is -0.507 e. The zero-order valence-corrected chi connectivity index (χ0v) is 21.9. The predicted molar refractivity (Wildman–Crippen MR) is 143 cm³/mol. The lowest BCUT2D eigenvalue weighted by molar-refractivity contribution is 0.0967. The third-order valence-electron chi connectivity index (χ3n) is 6.57. The van der Waals surface area contributed by atoms with Crippen molar-refractivity contribution < 1.29 is 29.3 Å². The number of ketones is 2. The number of unbranched alkanes of at least 4 members (excludes halogenated alkanes) is 11. The number of benzene rings is 2. The van der Waals surface area contributed by atoms with E-state index in [-0.39, 0.29) is 23.1 Å². The highest BCUT2D eigenvalue weighted by atomic mass is 16.5. The molecule has 6 nitrogen and oxygen atoms in total. The minimum absolute atomic E-state index is 0.0165. The summed E-state index contributed by atoms with van der Waals surface area (Å²) in [6.45, 7) is 0. The molecule has 0 spiro atoms. The number of hydrogen-bond donors (Lipinski definition) is 2. The number of hydrogen-bond acceptors (Lipinski definition) is 6. The van der Waals surface area contributed by atoms with E-state index >= 15 is 0 Å². The van der Waals surface area contributed by atoms with Crippen molar-refractivity contribution in [2.24, 2.45) is 0 Å². The van der Waals surface area contributed by atoms with Crippen molar-refractivity contribution in [3.05, 3.63) is 47.5 Å². The number of phenolic OH excluding ortho intramolecular Hbond substituents is 2. The molecule has 0 atom stereocenters. The molecule has 0 saturated heterocycles. The van der Waals surface area contributed by atoms with Crippen LogP contribution in [0.15, 0.2) is 36.4 Å². The van der Waals surface area contributed by atoms with Crippen molar-refractivity contribution >= 4 is 11.6 Å². The van der Waals surface area contributed by atoms with Crippen LogP contribution in [0.4, 0.5) is 0 Å². The molecule has 0 bridgehead atoms. The van der Waals surface area contributed by atoms with E-state index in [4.69, 9.17) is 9.47 Å². The topological polar surface area (TPSA) is 93.1 Å².